The predicted molar refractivity (Wildman–Crippen MR) is 26.2 cm³/mol. The molecule has 0 unspecified atom stereocenters. The fourth-order valence-electron chi connectivity index (χ4n) is 0.0833. The molecule has 0 aromatic carbocycles. The van der Waals surface area contributed by atoms with Gasteiger partial charge in [-0.3, -0.25) is 0 Å². The Kier molecular flexibility index (Phi) is 4.02. The van der Waals surface area contributed by atoms with Gasteiger partial charge in [-0.25, -0.2) is 0 Å². The predicted octanol–water partition coefficient (Wildman–Crippen LogP) is -0.657. The Balaban J connectivity index is 2.48. The SMILES string of the molecule is C#[Si]O[SiH2]C. The van der Waals surface area contributed by atoms with Crippen LogP contribution in [0.1, 0.15) is 0 Å². The lowest BCUT2D eigenvalue weighted by atomic mass is 11.9. The summed E-state index contributed by atoms with van der Waals surface area (Å²) in [6.07, 6.45) is 0. The molecule has 0 aromatic rings. The van der Waals surface area contributed by atoms with Crippen LogP contribution in [0.4, 0.5) is 0 Å². The maximum atomic E-state index is 4.98. The van der Waals surface area contributed by atoms with Crippen LogP contribution in [-0.4, -0.2) is 19.0 Å². The van der Waals surface area contributed by atoms with Crippen molar-refractivity contribution in [2.24, 2.45) is 0 Å². The van der Waals surface area contributed by atoms with Gasteiger partial charge in [0.2, 0.25) is 19.0 Å². The molecule has 0 aromatic heterocycles. The van der Waals surface area contributed by atoms with Gasteiger partial charge in [0.25, 0.3) is 0 Å². The van der Waals surface area contributed by atoms with Crippen LogP contribution in [-0.2, 0) is 4.12 Å². The van der Waals surface area contributed by atoms with Gasteiger partial charge >= 0.3 is 0 Å². The molecule has 28 valence electrons. The lowest BCUT2D eigenvalue weighted by Crippen LogP contribution is -1.85. The van der Waals surface area contributed by atoms with E-state index < -0.39 is 0 Å². The molecule has 0 aliphatic heterocycles. The molecule has 0 saturated carbocycles. The fraction of sp³-hybridized carbons (Fsp3) is 0.500. The van der Waals surface area contributed by atoms with E-state index in [4.69, 9.17) is 10.1 Å². The second kappa shape index (κ2) is 4.01. The molecule has 0 heterocycles. The van der Waals surface area contributed by atoms with E-state index in [9.17, 15) is 0 Å². The Hall–Kier alpha value is 0.0138. The van der Waals surface area contributed by atoms with Gasteiger partial charge in [0.05, 0.1) is 0 Å². The second-order valence-electron chi connectivity index (χ2n) is 0.551. The van der Waals surface area contributed by atoms with Crippen molar-refractivity contribution in [3.8, 4) is 6.00 Å². The Morgan fingerprint density at radius 1 is 2.00 bits per heavy atom. The van der Waals surface area contributed by atoms with Crippen LogP contribution < -0.4 is 0 Å². The molecule has 0 rings (SSSR count). The quantitative estimate of drug-likeness (QED) is 0.400. The van der Waals surface area contributed by atoms with E-state index in [1.807, 2.05) is 0 Å². The van der Waals surface area contributed by atoms with Gasteiger partial charge in [-0.1, -0.05) is 0 Å². The molecule has 1 nitrogen and oxygen atoms in total. The van der Waals surface area contributed by atoms with Crippen molar-refractivity contribution in [2.45, 2.75) is 6.55 Å². The van der Waals surface area contributed by atoms with E-state index >= 15 is 0 Å². The Morgan fingerprint density at radius 3 is 2.60 bits per heavy atom. The minimum atomic E-state index is -0.199. The molecule has 0 radical (unpaired) electrons. The van der Waals surface area contributed by atoms with Crippen LogP contribution in [0.25, 0.3) is 0 Å². The summed E-state index contributed by atoms with van der Waals surface area (Å²) in [5.41, 5.74) is 0. The zero-order chi connectivity index (χ0) is 4.12. The molecule has 0 spiro atoms. The van der Waals surface area contributed by atoms with Crippen LogP contribution in [0.2, 0.25) is 6.55 Å². The molecule has 0 fully saturated rings. The molecule has 0 atom stereocenters. The first-order chi connectivity index (χ1) is 2.41. The van der Waals surface area contributed by atoms with Crippen molar-refractivity contribution in [3.63, 3.8) is 0 Å². The van der Waals surface area contributed by atoms with E-state index in [0.717, 1.165) is 0 Å². The van der Waals surface area contributed by atoms with Gasteiger partial charge < -0.3 is 4.12 Å². The van der Waals surface area contributed by atoms with Crippen LogP contribution in [0.5, 0.6) is 0 Å². The molecule has 0 amide bonds. The summed E-state index contributed by atoms with van der Waals surface area (Å²) in [5.74, 6) is 0. The maximum absolute atomic E-state index is 4.98. The summed E-state index contributed by atoms with van der Waals surface area (Å²) in [6, 6.07) is 4.98. The summed E-state index contributed by atoms with van der Waals surface area (Å²) < 4.78 is 4.78. The highest BCUT2D eigenvalue weighted by Gasteiger charge is 1.59. The first kappa shape index (κ1) is 5.01. The van der Waals surface area contributed by atoms with E-state index in [0.29, 0.717) is 0 Å². The smallest absolute Gasteiger partial charge is 0.223 e. The fourth-order valence-corrected chi connectivity index (χ4v) is 0.750. The summed E-state index contributed by atoms with van der Waals surface area (Å²) >= 11 is 0. The molecule has 3 heteroatoms. The molecular weight excluding hydrogens is 96.2 g/mol. The van der Waals surface area contributed by atoms with E-state index in [-0.39, 0.29) is 19.0 Å². The molecule has 0 bridgehead atoms. The van der Waals surface area contributed by atoms with Gasteiger partial charge in [0.1, 0.15) is 0 Å². The van der Waals surface area contributed by atoms with Gasteiger partial charge in [0, 0.05) is 0 Å². The molecule has 0 aliphatic carbocycles. The molecule has 0 N–H and O–H groups in total. The Labute approximate surface area is 36.5 Å². The van der Waals surface area contributed by atoms with Crippen LogP contribution in [0.3, 0.4) is 0 Å². The van der Waals surface area contributed by atoms with E-state index in [2.05, 4.69) is 6.55 Å². The summed E-state index contributed by atoms with van der Waals surface area (Å²) in [6.45, 7) is 2.06. The van der Waals surface area contributed by atoms with Crippen molar-refractivity contribution < 1.29 is 4.12 Å². The Morgan fingerprint density at radius 2 is 2.60 bits per heavy atom. The summed E-state index contributed by atoms with van der Waals surface area (Å²) in [4.78, 5) is 0. The van der Waals surface area contributed by atoms with Crippen molar-refractivity contribution in [2.75, 3.05) is 0 Å². The van der Waals surface area contributed by atoms with E-state index in [1.54, 1.807) is 0 Å². The third-order valence-electron chi connectivity index (χ3n) is 0.228. The summed E-state index contributed by atoms with van der Waals surface area (Å²) in [5, 5.41) is 0. The highest BCUT2D eigenvalue weighted by atomic mass is 28.3. The average Bonchev–Trinajstić information content (AvgIpc) is 1.41. The van der Waals surface area contributed by atoms with Crippen LogP contribution >= 0.6 is 0 Å². The van der Waals surface area contributed by atoms with Crippen molar-refractivity contribution in [1.82, 2.24) is 0 Å². The molecule has 0 aliphatic rings. The molecule has 0 saturated heterocycles. The second-order valence-corrected chi connectivity index (χ2v) is 2.52. The molecule has 5 heavy (non-hydrogen) atoms. The minimum absolute atomic E-state index is 0.199. The minimum Gasteiger partial charge on any atom is -0.564 e. The third-order valence-corrected chi connectivity index (χ3v) is 2.05. The third kappa shape index (κ3) is 4.01. The van der Waals surface area contributed by atoms with Crippen LogP contribution in [0.15, 0.2) is 0 Å². The number of rotatable bonds is 1. The monoisotopic (exact) mass is 102 g/mol. The van der Waals surface area contributed by atoms with Crippen molar-refractivity contribution >= 4 is 19.0 Å². The van der Waals surface area contributed by atoms with Crippen molar-refractivity contribution in [3.05, 3.63) is 0 Å². The first-order valence-corrected chi connectivity index (χ1v) is 4.47. The zero-order valence-electron chi connectivity index (χ0n) is 3.19. The highest BCUT2D eigenvalue weighted by molar-refractivity contribution is 6.35. The number of hydrogen-bond donors (Lipinski definition) is 0. The maximum Gasteiger partial charge on any atom is 0.223 e. The topological polar surface area (TPSA) is 9.23 Å². The van der Waals surface area contributed by atoms with Gasteiger partial charge in [-0.15, -0.1) is 6.00 Å². The molecular formula is C2H6OSi2. The lowest BCUT2D eigenvalue weighted by Gasteiger charge is -1.80. The van der Waals surface area contributed by atoms with Crippen LogP contribution in [0, 0.1) is 6.00 Å². The summed E-state index contributed by atoms with van der Waals surface area (Å²) in [7, 11) is 0.0208. The van der Waals surface area contributed by atoms with Gasteiger partial charge in [0.15, 0.2) is 0 Å². The normalized spacial score (nSPS) is 8.00. The lowest BCUT2D eigenvalue weighted by molar-refractivity contribution is 0.667. The van der Waals surface area contributed by atoms with Gasteiger partial charge in [-0.2, -0.15) is 0 Å². The van der Waals surface area contributed by atoms with Crippen molar-refractivity contribution in [1.29, 1.82) is 0 Å². The largest absolute Gasteiger partial charge is 0.564 e. The number of hydrogen-bond acceptors (Lipinski definition) is 1. The highest BCUT2D eigenvalue weighted by Crippen LogP contribution is 1.48. The van der Waals surface area contributed by atoms with Gasteiger partial charge in [-0.05, 0) is 6.55 Å². The average molecular weight is 102 g/mol. The standard InChI is InChI=1S/C2H6OSi2/c1-4-3-5-2/h1H,5H2,2H3. The first-order valence-electron chi connectivity index (χ1n) is 1.49. The Bertz CT molecular complexity index is 46.1. The zero-order valence-corrected chi connectivity index (χ0v) is 5.61. The van der Waals surface area contributed by atoms with E-state index in [1.165, 1.54) is 0 Å².